The van der Waals surface area contributed by atoms with Gasteiger partial charge >= 0.3 is 129 Å². The first-order chi connectivity index (χ1) is 22.0. The molecule has 0 heterocycles. The molecule has 1 aliphatic carbocycles. The summed E-state index contributed by atoms with van der Waals surface area (Å²) in [5.41, 5.74) is 9.03. The number of esters is 1. The van der Waals surface area contributed by atoms with Crippen LogP contribution >= 0.6 is 7.82 Å². The summed E-state index contributed by atoms with van der Waals surface area (Å²) in [5.74, 6) is 0.405. The Hall–Kier alpha value is -1.59. The van der Waals surface area contributed by atoms with E-state index in [2.05, 4.69) is 28.8 Å². The summed E-state index contributed by atoms with van der Waals surface area (Å²) in [4.78, 5) is 15.6. The number of carbonyl (C=O) groups is 1. The molecule has 12 nitrogen and oxygen atoms in total. The van der Waals surface area contributed by atoms with Gasteiger partial charge in [-0.05, 0) is 18.8 Å². The molecule has 3 atom stereocenters. The zero-order valence-electron chi connectivity index (χ0n) is 27.6. The van der Waals surface area contributed by atoms with Gasteiger partial charge in [0, 0.05) is 12.8 Å². The number of carbonyl (C=O) groups excluding carboxylic acids is 1. The van der Waals surface area contributed by atoms with Crippen molar-refractivity contribution in [3.05, 3.63) is 23.1 Å². The molecule has 14 heteroatoms. The predicted octanol–water partition coefficient (Wildman–Crippen LogP) is 7.82. The van der Waals surface area contributed by atoms with Crippen molar-refractivity contribution in [3.8, 4) is 0 Å². The van der Waals surface area contributed by atoms with Gasteiger partial charge in [-0.2, -0.15) is 0 Å². The van der Waals surface area contributed by atoms with E-state index in [0.717, 1.165) is 38.5 Å². The Labute approximate surface area is 271 Å². The Morgan fingerprint density at radius 3 is 2.42 bits per heavy atom. The number of unbranched alkanes of at least 4 members (excludes halogenated alkanes) is 8. The van der Waals surface area contributed by atoms with Gasteiger partial charge in [-0.15, -0.1) is 0 Å². The van der Waals surface area contributed by atoms with Crippen molar-refractivity contribution >= 4 is 20.9 Å². The molecule has 1 saturated carbocycles. The third-order valence-corrected chi connectivity index (χ3v) is 9.17. The number of ether oxygens (including phenoxy) is 2. The van der Waals surface area contributed by atoms with E-state index in [4.69, 9.17) is 28.6 Å². The maximum atomic E-state index is 13.0. The number of hydrogen-bond donors (Lipinski definition) is 1. The average Bonchev–Trinajstić information content (AvgIpc) is 3.04. The second-order valence-corrected chi connectivity index (χ2v) is 13.4. The fraction of sp³-hybridized carbons (Fsp3) is 0.903. The average molecular weight is 657 g/mol. The summed E-state index contributed by atoms with van der Waals surface area (Å²) in [5, 5.41) is 6.49. The van der Waals surface area contributed by atoms with Crippen molar-refractivity contribution in [2.45, 2.75) is 128 Å². The first-order valence-electron chi connectivity index (χ1n) is 17.1. The second kappa shape index (κ2) is 28.6. The van der Waals surface area contributed by atoms with Crippen molar-refractivity contribution in [1.29, 1.82) is 0 Å². The van der Waals surface area contributed by atoms with Gasteiger partial charge in [0.25, 0.3) is 0 Å². The SMILES string of the molecule is C=CCOP(=O)(OCCNCB=O)OCC(COCCC(CC1CCCCC1)OC(=O)CCCCCCCCCCC)N=[N+]=[N-]. The van der Waals surface area contributed by atoms with Gasteiger partial charge in [-0.1, -0.05) is 90.4 Å². The predicted molar refractivity (Wildman–Crippen MR) is 176 cm³/mol. The van der Waals surface area contributed by atoms with Crippen LogP contribution in [-0.2, 0) is 37.1 Å². The number of phosphoric ester groups is 1. The summed E-state index contributed by atoms with van der Waals surface area (Å²) >= 11 is 0. The van der Waals surface area contributed by atoms with Crippen LogP contribution in [0.1, 0.15) is 116 Å². The van der Waals surface area contributed by atoms with Gasteiger partial charge in [-0.3, -0.25) is 4.79 Å². The van der Waals surface area contributed by atoms with E-state index in [0.29, 0.717) is 32.5 Å². The summed E-state index contributed by atoms with van der Waals surface area (Å²) in [6, 6.07) is -0.779. The molecule has 0 aromatic heterocycles. The maximum absolute atomic E-state index is 13.0. The molecule has 45 heavy (non-hydrogen) atoms. The molecule has 0 amide bonds. The number of nitrogens with zero attached hydrogens (tertiary/aromatic N) is 3. The first kappa shape index (κ1) is 41.4. The van der Waals surface area contributed by atoms with E-state index in [1.807, 2.05) is 0 Å². The quantitative estimate of drug-likeness (QED) is 0.0115. The van der Waals surface area contributed by atoms with Gasteiger partial charge in [0.05, 0.1) is 0 Å². The molecule has 3 unspecified atom stereocenters. The monoisotopic (exact) mass is 656 g/mol. The van der Waals surface area contributed by atoms with Crippen LogP contribution in [0.25, 0.3) is 10.4 Å². The topological polar surface area (TPSA) is 158 Å². The van der Waals surface area contributed by atoms with Crippen LogP contribution in [0.4, 0.5) is 0 Å². The van der Waals surface area contributed by atoms with Crippen LogP contribution in [0, 0.1) is 5.92 Å². The van der Waals surface area contributed by atoms with Crippen molar-refractivity contribution in [2.24, 2.45) is 11.0 Å². The summed E-state index contributed by atoms with van der Waals surface area (Å²) in [7, 11) is -3.27. The number of rotatable bonds is 31. The van der Waals surface area contributed by atoms with Crippen LogP contribution in [-0.4, -0.2) is 71.3 Å². The van der Waals surface area contributed by atoms with Gasteiger partial charge in [0.1, 0.15) is 6.10 Å². The summed E-state index contributed by atoms with van der Waals surface area (Å²) in [6.07, 6.45) is 19.9. The minimum atomic E-state index is -3.97. The van der Waals surface area contributed by atoms with E-state index in [9.17, 15) is 14.1 Å². The normalized spacial score (nSPS) is 16.2. The van der Waals surface area contributed by atoms with Crippen molar-refractivity contribution < 1.29 is 37.1 Å². The second-order valence-electron chi connectivity index (χ2n) is 11.7. The van der Waals surface area contributed by atoms with Crippen LogP contribution < -0.4 is 5.32 Å². The molecule has 0 aliphatic heterocycles. The zero-order chi connectivity index (χ0) is 32.9. The Bertz CT molecular complexity index is 875. The van der Waals surface area contributed by atoms with Crippen LogP contribution in [0.5, 0.6) is 0 Å². The molecule has 258 valence electrons. The molecule has 1 rings (SSSR count). The molecule has 1 aliphatic rings. The number of nitrogens with one attached hydrogen (secondary N) is 1. The number of hydrogen-bond acceptors (Lipinski definition) is 10. The molecular weight excluding hydrogens is 598 g/mol. The fourth-order valence-electron chi connectivity index (χ4n) is 5.29. The van der Waals surface area contributed by atoms with Crippen molar-refractivity contribution in [3.63, 3.8) is 0 Å². The van der Waals surface area contributed by atoms with Crippen LogP contribution in [0.2, 0.25) is 0 Å². The summed E-state index contributed by atoms with van der Waals surface area (Å²) < 4.78 is 51.1. The molecule has 0 radical (unpaired) electrons. The molecule has 1 N–H and O–H groups in total. The van der Waals surface area contributed by atoms with Gasteiger partial charge in [-0.25, -0.2) is 0 Å². The van der Waals surface area contributed by atoms with Gasteiger partial charge in [0.2, 0.25) is 0 Å². The number of phosphoric acid groups is 1. The Balaban J connectivity index is 2.51. The molecule has 0 aromatic carbocycles. The number of azide groups is 1. The Morgan fingerprint density at radius 2 is 1.76 bits per heavy atom. The van der Waals surface area contributed by atoms with Crippen LogP contribution in [0.15, 0.2) is 17.8 Å². The molecule has 0 bridgehead atoms. The molecule has 0 spiro atoms. The Morgan fingerprint density at radius 1 is 1.04 bits per heavy atom. The minimum absolute atomic E-state index is 0.0226. The third kappa shape index (κ3) is 23.4. The van der Waals surface area contributed by atoms with E-state index in [-0.39, 0.29) is 51.5 Å². The standard InChI is InChI=1S/C31H58BN4O8P/c1-3-5-6-7-8-9-10-11-15-18-31(37)44-30(24-28-16-13-12-14-17-28)19-22-40-25-29(35-36-33)26-43-45(39,41-21-4-2)42-23-20-34-27-32-38/h4,28-30,34H,2-3,5-27H2,1H3. The van der Waals surface area contributed by atoms with Gasteiger partial charge < -0.3 is 10.3 Å². The van der Waals surface area contributed by atoms with Gasteiger partial charge in [0.15, 0.2) is 0 Å². The molecule has 0 saturated heterocycles. The molecular formula is C31H58BN4O8P. The Kier molecular flexibility index (Phi) is 26.4. The van der Waals surface area contributed by atoms with Crippen molar-refractivity contribution in [1.82, 2.24) is 5.32 Å². The molecule has 0 aromatic rings. The molecule has 1 fully saturated rings. The van der Waals surface area contributed by atoms with Crippen LogP contribution in [0.3, 0.4) is 0 Å². The zero-order valence-corrected chi connectivity index (χ0v) is 28.5. The fourth-order valence-corrected chi connectivity index (χ4v) is 6.47. The first-order valence-corrected chi connectivity index (χ1v) is 18.5. The van der Waals surface area contributed by atoms with E-state index >= 15 is 0 Å². The van der Waals surface area contributed by atoms with E-state index in [1.165, 1.54) is 63.9 Å². The van der Waals surface area contributed by atoms with E-state index < -0.39 is 13.9 Å². The van der Waals surface area contributed by atoms with E-state index in [1.54, 1.807) is 0 Å². The third-order valence-electron chi connectivity index (χ3n) is 7.74. The van der Waals surface area contributed by atoms with Crippen molar-refractivity contribution in [2.75, 3.05) is 46.0 Å². The summed E-state index contributed by atoms with van der Waals surface area (Å²) in [6.45, 7) is 6.02.